The Bertz CT molecular complexity index is 341. The maximum atomic E-state index is 11.8. The Balaban J connectivity index is 0.00000128. The SMILES string of the molecule is Cc1ccc(NC(=O)C2CCCC2)cc1.[HH]. The van der Waals surface area contributed by atoms with Crippen LogP contribution in [-0.4, -0.2) is 5.91 Å². The second kappa shape index (κ2) is 4.47. The Hall–Kier alpha value is -1.31. The van der Waals surface area contributed by atoms with Crippen molar-refractivity contribution in [1.82, 2.24) is 0 Å². The zero-order valence-electron chi connectivity index (χ0n) is 9.12. The molecule has 15 heavy (non-hydrogen) atoms. The van der Waals surface area contributed by atoms with Gasteiger partial charge in [-0.25, -0.2) is 0 Å². The smallest absolute Gasteiger partial charge is 0.227 e. The summed E-state index contributed by atoms with van der Waals surface area (Å²) in [6, 6.07) is 7.96. The molecule has 82 valence electrons. The average molecular weight is 205 g/mol. The van der Waals surface area contributed by atoms with Crippen molar-refractivity contribution in [3.63, 3.8) is 0 Å². The van der Waals surface area contributed by atoms with Gasteiger partial charge >= 0.3 is 0 Å². The lowest BCUT2D eigenvalue weighted by Gasteiger charge is -2.10. The molecule has 1 N–H and O–H groups in total. The molecule has 0 aromatic heterocycles. The highest BCUT2D eigenvalue weighted by molar-refractivity contribution is 5.92. The summed E-state index contributed by atoms with van der Waals surface area (Å²) >= 11 is 0. The lowest BCUT2D eigenvalue weighted by molar-refractivity contribution is -0.119. The van der Waals surface area contributed by atoms with Crippen molar-refractivity contribution < 1.29 is 6.22 Å². The van der Waals surface area contributed by atoms with E-state index in [-0.39, 0.29) is 13.3 Å². The molecule has 1 fully saturated rings. The standard InChI is InChI=1S/C13H17NO.H2/c1-10-6-8-12(9-7-10)14-13(15)11-4-2-3-5-11;/h6-9,11H,2-5H2,1H3,(H,14,15);1H. The van der Waals surface area contributed by atoms with Gasteiger partial charge in [0.15, 0.2) is 0 Å². The molecule has 1 aliphatic carbocycles. The molecule has 1 aromatic rings. The normalized spacial score (nSPS) is 16.6. The second-order valence-corrected chi connectivity index (χ2v) is 4.34. The van der Waals surface area contributed by atoms with E-state index in [0.717, 1.165) is 18.5 Å². The van der Waals surface area contributed by atoms with E-state index in [1.54, 1.807) is 0 Å². The number of rotatable bonds is 2. The largest absolute Gasteiger partial charge is 0.326 e. The fraction of sp³-hybridized carbons (Fsp3) is 0.462. The molecule has 0 aliphatic heterocycles. The van der Waals surface area contributed by atoms with Gasteiger partial charge in [0, 0.05) is 13.0 Å². The van der Waals surface area contributed by atoms with Gasteiger partial charge in [-0.2, -0.15) is 0 Å². The summed E-state index contributed by atoms with van der Waals surface area (Å²) in [5.74, 6) is 0.433. The Morgan fingerprint density at radius 2 is 1.87 bits per heavy atom. The molecule has 0 heterocycles. The molecule has 0 saturated heterocycles. The van der Waals surface area contributed by atoms with E-state index in [1.165, 1.54) is 18.4 Å². The summed E-state index contributed by atoms with van der Waals surface area (Å²) in [4.78, 5) is 11.8. The first-order valence-corrected chi connectivity index (χ1v) is 5.63. The number of nitrogens with one attached hydrogen (secondary N) is 1. The van der Waals surface area contributed by atoms with E-state index in [2.05, 4.69) is 5.32 Å². The fourth-order valence-electron chi connectivity index (χ4n) is 2.07. The molecular weight excluding hydrogens is 186 g/mol. The summed E-state index contributed by atoms with van der Waals surface area (Å²) in [5.41, 5.74) is 2.13. The molecule has 1 aromatic carbocycles. The molecule has 2 heteroatoms. The minimum absolute atomic E-state index is 0. The summed E-state index contributed by atoms with van der Waals surface area (Å²) in [5, 5.41) is 2.97. The Morgan fingerprint density at radius 1 is 1.27 bits per heavy atom. The third-order valence-electron chi connectivity index (χ3n) is 3.05. The van der Waals surface area contributed by atoms with E-state index in [1.807, 2.05) is 31.2 Å². The lowest BCUT2D eigenvalue weighted by atomic mass is 10.1. The minimum atomic E-state index is 0. The highest BCUT2D eigenvalue weighted by Gasteiger charge is 2.22. The molecule has 0 unspecified atom stereocenters. The van der Waals surface area contributed by atoms with Crippen LogP contribution in [0.3, 0.4) is 0 Å². The van der Waals surface area contributed by atoms with Gasteiger partial charge in [0.25, 0.3) is 0 Å². The maximum absolute atomic E-state index is 11.8. The number of carbonyl (C=O) groups excluding carboxylic acids is 1. The van der Waals surface area contributed by atoms with Gasteiger partial charge in [-0.3, -0.25) is 4.79 Å². The first kappa shape index (κ1) is 10.2. The zero-order valence-corrected chi connectivity index (χ0v) is 9.12. The number of benzene rings is 1. The van der Waals surface area contributed by atoms with Gasteiger partial charge < -0.3 is 5.32 Å². The van der Waals surface area contributed by atoms with Crippen molar-refractivity contribution >= 4 is 11.6 Å². The predicted molar refractivity (Wildman–Crippen MR) is 63.9 cm³/mol. The first-order chi connectivity index (χ1) is 7.25. The summed E-state index contributed by atoms with van der Waals surface area (Å²) in [6.07, 6.45) is 4.51. The summed E-state index contributed by atoms with van der Waals surface area (Å²) in [6.45, 7) is 2.04. The van der Waals surface area contributed by atoms with Crippen LogP contribution < -0.4 is 5.32 Å². The Morgan fingerprint density at radius 3 is 2.47 bits per heavy atom. The van der Waals surface area contributed by atoms with Gasteiger partial charge in [-0.1, -0.05) is 30.5 Å². The van der Waals surface area contributed by atoms with Crippen LogP contribution in [0.25, 0.3) is 0 Å². The number of hydrogen-bond donors (Lipinski definition) is 1. The van der Waals surface area contributed by atoms with Gasteiger partial charge in [0.1, 0.15) is 0 Å². The summed E-state index contributed by atoms with van der Waals surface area (Å²) in [7, 11) is 0. The third kappa shape index (κ3) is 2.58. The van der Waals surface area contributed by atoms with Crippen molar-refractivity contribution in [1.29, 1.82) is 0 Å². The van der Waals surface area contributed by atoms with E-state index < -0.39 is 0 Å². The van der Waals surface area contributed by atoms with Gasteiger partial charge in [-0.15, -0.1) is 0 Å². The molecular formula is C13H19NO. The predicted octanol–water partition coefficient (Wildman–Crippen LogP) is 3.37. The van der Waals surface area contributed by atoms with Crippen LogP contribution in [0, 0.1) is 12.8 Å². The van der Waals surface area contributed by atoms with Crippen molar-refractivity contribution in [3.05, 3.63) is 29.8 Å². The van der Waals surface area contributed by atoms with Crippen molar-refractivity contribution in [2.45, 2.75) is 32.6 Å². The quantitative estimate of drug-likeness (QED) is 0.788. The maximum Gasteiger partial charge on any atom is 0.227 e. The fourth-order valence-corrected chi connectivity index (χ4v) is 2.07. The third-order valence-corrected chi connectivity index (χ3v) is 3.05. The number of hydrogen-bond acceptors (Lipinski definition) is 1. The first-order valence-electron chi connectivity index (χ1n) is 5.63. The molecule has 0 atom stereocenters. The van der Waals surface area contributed by atoms with Gasteiger partial charge in [0.05, 0.1) is 0 Å². The second-order valence-electron chi connectivity index (χ2n) is 4.34. The Labute approximate surface area is 92.2 Å². The van der Waals surface area contributed by atoms with Crippen LogP contribution in [0.5, 0.6) is 0 Å². The van der Waals surface area contributed by atoms with Gasteiger partial charge in [0.2, 0.25) is 5.91 Å². The zero-order chi connectivity index (χ0) is 10.7. The number of aryl methyl sites for hydroxylation is 1. The van der Waals surface area contributed by atoms with E-state index >= 15 is 0 Å². The van der Waals surface area contributed by atoms with E-state index in [9.17, 15) is 4.79 Å². The van der Waals surface area contributed by atoms with Gasteiger partial charge in [-0.05, 0) is 31.9 Å². The minimum Gasteiger partial charge on any atom is -0.326 e. The van der Waals surface area contributed by atoms with E-state index in [0.29, 0.717) is 0 Å². The molecule has 0 spiro atoms. The van der Waals surface area contributed by atoms with Crippen LogP contribution in [0.15, 0.2) is 24.3 Å². The molecule has 1 aliphatic rings. The van der Waals surface area contributed by atoms with E-state index in [4.69, 9.17) is 0 Å². The lowest BCUT2D eigenvalue weighted by Crippen LogP contribution is -2.20. The molecule has 1 amide bonds. The number of amides is 1. The average Bonchev–Trinajstić information content (AvgIpc) is 2.74. The highest BCUT2D eigenvalue weighted by atomic mass is 16.1. The topological polar surface area (TPSA) is 29.1 Å². The summed E-state index contributed by atoms with van der Waals surface area (Å²) < 4.78 is 0. The molecule has 1 saturated carbocycles. The molecule has 2 nitrogen and oxygen atoms in total. The van der Waals surface area contributed by atoms with Crippen molar-refractivity contribution in [2.24, 2.45) is 5.92 Å². The molecule has 2 rings (SSSR count). The van der Waals surface area contributed by atoms with Crippen LogP contribution in [-0.2, 0) is 4.79 Å². The highest BCUT2D eigenvalue weighted by Crippen LogP contribution is 2.25. The molecule has 0 radical (unpaired) electrons. The van der Waals surface area contributed by atoms with Crippen molar-refractivity contribution in [3.8, 4) is 0 Å². The monoisotopic (exact) mass is 205 g/mol. The number of carbonyl (C=O) groups is 1. The number of anilines is 1. The van der Waals surface area contributed by atoms with Crippen molar-refractivity contribution in [2.75, 3.05) is 5.32 Å². The molecule has 0 bridgehead atoms. The van der Waals surface area contributed by atoms with Crippen LogP contribution in [0.1, 0.15) is 32.7 Å². The van der Waals surface area contributed by atoms with Crippen LogP contribution >= 0.6 is 0 Å². The Kier molecular flexibility index (Phi) is 3.05. The van der Waals surface area contributed by atoms with Crippen LogP contribution in [0.2, 0.25) is 0 Å². The van der Waals surface area contributed by atoms with Crippen LogP contribution in [0.4, 0.5) is 5.69 Å².